The molecule has 1 heterocycles. The normalized spacial score (nSPS) is 9.55. The number of anilines is 1. The smallest absolute Gasteiger partial charge is 0.296 e. The third kappa shape index (κ3) is 2.00. The molecule has 2 N–H and O–H groups in total. The standard InChI is InChI=1S/C7H9N3O/c1-6(11)5-10-4-2-3-9-7(10)8/h2-4,8H,5H2,1H3/p+1. The second-order valence-electron chi connectivity index (χ2n) is 2.31. The SMILES string of the molecule is CC(=O)C[n+]1cccnc1N. The summed E-state index contributed by atoms with van der Waals surface area (Å²) in [5.74, 6) is 0.428. The Kier molecular flexibility index (Phi) is 2.15. The molecule has 0 atom stereocenters. The summed E-state index contributed by atoms with van der Waals surface area (Å²) in [5, 5.41) is 0. The highest BCUT2D eigenvalue weighted by Gasteiger charge is 2.05. The number of hydrogen-bond acceptors (Lipinski definition) is 3. The maximum Gasteiger partial charge on any atom is 0.389 e. The molecule has 1 aromatic rings. The summed E-state index contributed by atoms with van der Waals surface area (Å²) in [6.07, 6.45) is 3.32. The first-order chi connectivity index (χ1) is 5.20. The molecule has 0 unspecified atom stereocenters. The van der Waals surface area contributed by atoms with Crippen molar-refractivity contribution < 1.29 is 9.36 Å². The lowest BCUT2D eigenvalue weighted by molar-refractivity contribution is -0.672. The number of rotatable bonds is 2. The molecule has 0 bridgehead atoms. The molecule has 58 valence electrons. The lowest BCUT2D eigenvalue weighted by Gasteiger charge is -1.96. The van der Waals surface area contributed by atoms with Crippen LogP contribution in [0.4, 0.5) is 5.95 Å². The Morgan fingerprint density at radius 1 is 1.82 bits per heavy atom. The molecule has 0 radical (unpaired) electrons. The van der Waals surface area contributed by atoms with Crippen molar-refractivity contribution in [3.05, 3.63) is 18.5 Å². The molecule has 0 aliphatic heterocycles. The number of Topliss-reactive ketones (excluding diaryl/α,β-unsaturated/α-hetero) is 1. The Morgan fingerprint density at radius 2 is 2.55 bits per heavy atom. The third-order valence-electron chi connectivity index (χ3n) is 1.25. The lowest BCUT2D eigenvalue weighted by atomic mass is 10.4. The van der Waals surface area contributed by atoms with Gasteiger partial charge in [-0.15, -0.1) is 0 Å². The molecule has 0 spiro atoms. The number of nitrogen functional groups attached to an aromatic ring is 1. The maximum absolute atomic E-state index is 10.7. The van der Waals surface area contributed by atoms with Crippen LogP contribution < -0.4 is 10.3 Å². The second-order valence-corrected chi connectivity index (χ2v) is 2.31. The van der Waals surface area contributed by atoms with Gasteiger partial charge in [0.2, 0.25) is 0 Å². The van der Waals surface area contributed by atoms with Gasteiger partial charge in [-0.1, -0.05) is 4.98 Å². The van der Waals surface area contributed by atoms with E-state index in [2.05, 4.69) is 4.98 Å². The van der Waals surface area contributed by atoms with E-state index in [-0.39, 0.29) is 5.78 Å². The van der Waals surface area contributed by atoms with Gasteiger partial charge in [0.15, 0.2) is 5.78 Å². The van der Waals surface area contributed by atoms with E-state index in [0.717, 1.165) is 0 Å². The van der Waals surface area contributed by atoms with Crippen molar-refractivity contribution in [3.63, 3.8) is 0 Å². The van der Waals surface area contributed by atoms with Crippen LogP contribution in [-0.2, 0) is 11.3 Å². The Labute approximate surface area is 64.7 Å². The molecule has 0 aromatic carbocycles. The average molecular weight is 152 g/mol. The van der Waals surface area contributed by atoms with Crippen LogP contribution in [0.25, 0.3) is 0 Å². The summed E-state index contributed by atoms with van der Waals surface area (Å²) >= 11 is 0. The van der Waals surface area contributed by atoms with E-state index in [4.69, 9.17) is 5.73 Å². The van der Waals surface area contributed by atoms with E-state index < -0.39 is 0 Å². The van der Waals surface area contributed by atoms with Gasteiger partial charge in [0.25, 0.3) is 0 Å². The van der Waals surface area contributed by atoms with Crippen molar-refractivity contribution in [1.82, 2.24) is 4.98 Å². The van der Waals surface area contributed by atoms with E-state index >= 15 is 0 Å². The zero-order valence-electron chi connectivity index (χ0n) is 6.32. The average Bonchev–Trinajstić information content (AvgIpc) is 1.93. The van der Waals surface area contributed by atoms with Crippen LogP contribution in [0.15, 0.2) is 18.5 Å². The fourth-order valence-electron chi connectivity index (χ4n) is 0.786. The molecule has 0 fully saturated rings. The fourth-order valence-corrected chi connectivity index (χ4v) is 0.786. The van der Waals surface area contributed by atoms with Crippen LogP contribution in [-0.4, -0.2) is 10.8 Å². The molecular formula is C7H10N3O+. The molecule has 1 aromatic heterocycles. The van der Waals surface area contributed by atoms with Crippen molar-refractivity contribution in [2.75, 3.05) is 5.73 Å². The Hall–Kier alpha value is -1.45. The number of ketones is 1. The summed E-state index contributed by atoms with van der Waals surface area (Å²) in [4.78, 5) is 14.5. The topological polar surface area (TPSA) is 59.9 Å². The molecule has 0 aliphatic carbocycles. The number of carbonyl (C=O) groups is 1. The summed E-state index contributed by atoms with van der Waals surface area (Å²) in [7, 11) is 0. The summed E-state index contributed by atoms with van der Waals surface area (Å²) in [6, 6.07) is 1.74. The fraction of sp³-hybridized carbons (Fsp3) is 0.286. The highest BCUT2D eigenvalue weighted by atomic mass is 16.1. The van der Waals surface area contributed by atoms with Gasteiger partial charge in [0, 0.05) is 6.07 Å². The number of hydrogen-bond donors (Lipinski definition) is 1. The van der Waals surface area contributed by atoms with Gasteiger partial charge in [-0.2, -0.15) is 0 Å². The minimum absolute atomic E-state index is 0.0645. The largest absolute Gasteiger partial charge is 0.389 e. The van der Waals surface area contributed by atoms with Crippen LogP contribution in [0, 0.1) is 0 Å². The van der Waals surface area contributed by atoms with Gasteiger partial charge in [0.05, 0.1) is 6.20 Å². The highest BCUT2D eigenvalue weighted by Crippen LogP contribution is 1.83. The first-order valence-electron chi connectivity index (χ1n) is 3.29. The van der Waals surface area contributed by atoms with E-state index in [1.807, 2.05) is 0 Å². The minimum atomic E-state index is 0.0645. The zero-order valence-corrected chi connectivity index (χ0v) is 6.32. The monoisotopic (exact) mass is 152 g/mol. The van der Waals surface area contributed by atoms with E-state index in [9.17, 15) is 4.79 Å². The van der Waals surface area contributed by atoms with Crippen LogP contribution in [0.1, 0.15) is 6.92 Å². The zero-order chi connectivity index (χ0) is 8.27. The van der Waals surface area contributed by atoms with Gasteiger partial charge >= 0.3 is 5.95 Å². The summed E-state index contributed by atoms with van der Waals surface area (Å²) in [6.45, 7) is 1.80. The molecule has 0 saturated carbocycles. The first kappa shape index (κ1) is 7.65. The Bertz CT molecular complexity index is 272. The first-order valence-corrected chi connectivity index (χ1v) is 3.29. The van der Waals surface area contributed by atoms with Crippen molar-refractivity contribution in [3.8, 4) is 0 Å². The molecule has 0 saturated heterocycles. The molecule has 4 heteroatoms. The predicted octanol–water partition coefficient (Wildman–Crippen LogP) is -0.460. The van der Waals surface area contributed by atoms with Crippen molar-refractivity contribution in [1.29, 1.82) is 0 Å². The van der Waals surface area contributed by atoms with E-state index in [0.29, 0.717) is 12.5 Å². The summed E-state index contributed by atoms with van der Waals surface area (Å²) < 4.78 is 1.60. The predicted molar refractivity (Wildman–Crippen MR) is 39.5 cm³/mol. The Morgan fingerprint density at radius 3 is 3.09 bits per heavy atom. The number of carbonyl (C=O) groups excluding carboxylic acids is 1. The minimum Gasteiger partial charge on any atom is -0.296 e. The maximum atomic E-state index is 10.7. The Balaban J connectivity index is 2.86. The second kappa shape index (κ2) is 3.09. The van der Waals surface area contributed by atoms with Gasteiger partial charge in [-0.3, -0.25) is 10.5 Å². The van der Waals surface area contributed by atoms with Crippen molar-refractivity contribution >= 4 is 11.7 Å². The molecule has 4 nitrogen and oxygen atoms in total. The van der Waals surface area contributed by atoms with Gasteiger partial charge in [-0.25, -0.2) is 4.57 Å². The number of nitrogens with two attached hydrogens (primary N) is 1. The van der Waals surface area contributed by atoms with Gasteiger partial charge < -0.3 is 0 Å². The van der Waals surface area contributed by atoms with Crippen LogP contribution in [0.5, 0.6) is 0 Å². The van der Waals surface area contributed by atoms with Crippen molar-refractivity contribution in [2.45, 2.75) is 13.5 Å². The third-order valence-corrected chi connectivity index (χ3v) is 1.25. The van der Waals surface area contributed by atoms with Gasteiger partial charge in [-0.05, 0) is 6.92 Å². The quantitative estimate of drug-likeness (QED) is 0.583. The highest BCUT2D eigenvalue weighted by molar-refractivity contribution is 5.73. The molecule has 0 aliphatic rings. The van der Waals surface area contributed by atoms with Crippen molar-refractivity contribution in [2.24, 2.45) is 0 Å². The molecule has 0 amide bonds. The van der Waals surface area contributed by atoms with Crippen LogP contribution >= 0.6 is 0 Å². The molecule has 1 rings (SSSR count). The lowest BCUT2D eigenvalue weighted by Crippen LogP contribution is -2.40. The van der Waals surface area contributed by atoms with E-state index in [1.54, 1.807) is 23.0 Å². The van der Waals surface area contributed by atoms with E-state index in [1.165, 1.54) is 6.92 Å². The number of aromatic nitrogens is 2. The molecule has 11 heavy (non-hydrogen) atoms. The number of nitrogens with zero attached hydrogens (tertiary/aromatic N) is 2. The van der Waals surface area contributed by atoms with Gasteiger partial charge in [0.1, 0.15) is 12.7 Å². The van der Waals surface area contributed by atoms with Crippen LogP contribution in [0.2, 0.25) is 0 Å². The summed E-state index contributed by atoms with van der Waals surface area (Å²) in [5.41, 5.74) is 5.47. The van der Waals surface area contributed by atoms with Crippen LogP contribution in [0.3, 0.4) is 0 Å². The molecular weight excluding hydrogens is 142 g/mol.